The number of anilines is 2. The second kappa shape index (κ2) is 8.02. The first-order chi connectivity index (χ1) is 11.7. The molecule has 1 N–H and O–H groups in total. The fraction of sp³-hybridized carbons (Fsp3) is 0.250. The largest absolute Gasteiger partial charge is 0.370 e. The van der Waals surface area contributed by atoms with Crippen molar-refractivity contribution in [3.8, 4) is 0 Å². The van der Waals surface area contributed by atoms with Gasteiger partial charge in [0.05, 0.1) is 11.4 Å². The normalized spacial score (nSPS) is 14.8. The Hall–Kier alpha value is -2.26. The summed E-state index contributed by atoms with van der Waals surface area (Å²) in [6, 6.07) is 15.4. The van der Waals surface area contributed by atoms with Crippen LogP contribution in [0.2, 0.25) is 5.02 Å². The quantitative estimate of drug-likeness (QED) is 0.796. The molecule has 1 saturated heterocycles. The molecule has 124 valence electrons. The van der Waals surface area contributed by atoms with Crippen LogP contribution in [0, 0.1) is 0 Å². The summed E-state index contributed by atoms with van der Waals surface area (Å²) in [4.78, 5) is 14.6. The van der Waals surface area contributed by atoms with E-state index in [4.69, 9.17) is 11.6 Å². The molecular formula is C20H21ClN2O. The summed E-state index contributed by atoms with van der Waals surface area (Å²) < 4.78 is 0. The van der Waals surface area contributed by atoms with E-state index >= 15 is 0 Å². The van der Waals surface area contributed by atoms with Crippen molar-refractivity contribution in [1.82, 2.24) is 0 Å². The molecule has 1 amide bonds. The van der Waals surface area contributed by atoms with Gasteiger partial charge in [-0.3, -0.25) is 4.79 Å². The Morgan fingerprint density at radius 2 is 1.71 bits per heavy atom. The summed E-state index contributed by atoms with van der Waals surface area (Å²) in [6.07, 6.45) is 7.04. The van der Waals surface area contributed by atoms with Gasteiger partial charge in [0.1, 0.15) is 0 Å². The number of halogens is 1. The third-order valence-electron chi connectivity index (χ3n) is 4.16. The maximum atomic E-state index is 12.2. The number of nitrogens with one attached hydrogen (secondary N) is 1. The SMILES string of the molecule is O=C(C=Cc1ccc(Cl)cc1)Nc1ccccc1N1CCCCC1. The first-order valence-corrected chi connectivity index (χ1v) is 8.69. The van der Waals surface area contributed by atoms with E-state index in [1.165, 1.54) is 19.3 Å². The van der Waals surface area contributed by atoms with Gasteiger partial charge in [0.25, 0.3) is 0 Å². The lowest BCUT2D eigenvalue weighted by atomic mass is 10.1. The topological polar surface area (TPSA) is 32.3 Å². The molecule has 0 atom stereocenters. The predicted octanol–water partition coefficient (Wildman–Crippen LogP) is 4.98. The van der Waals surface area contributed by atoms with Crippen LogP contribution >= 0.6 is 11.6 Å². The van der Waals surface area contributed by atoms with Crippen LogP contribution in [0.4, 0.5) is 11.4 Å². The lowest BCUT2D eigenvalue weighted by Crippen LogP contribution is -2.30. The van der Waals surface area contributed by atoms with E-state index in [1.54, 1.807) is 12.2 Å². The molecule has 2 aromatic rings. The minimum atomic E-state index is -0.130. The van der Waals surface area contributed by atoms with Gasteiger partial charge in [0, 0.05) is 24.2 Å². The van der Waals surface area contributed by atoms with E-state index in [0.29, 0.717) is 5.02 Å². The molecule has 4 heteroatoms. The van der Waals surface area contributed by atoms with Gasteiger partial charge in [0.15, 0.2) is 0 Å². The van der Waals surface area contributed by atoms with Crippen molar-refractivity contribution in [3.05, 3.63) is 65.2 Å². The fourth-order valence-electron chi connectivity index (χ4n) is 2.91. The molecule has 0 aliphatic carbocycles. The van der Waals surface area contributed by atoms with Crippen molar-refractivity contribution < 1.29 is 4.79 Å². The Bertz CT molecular complexity index is 719. The zero-order chi connectivity index (χ0) is 16.8. The standard InChI is InChI=1S/C20H21ClN2O/c21-17-11-8-16(9-12-17)10-13-20(24)22-18-6-2-3-7-19(18)23-14-4-1-5-15-23/h2-3,6-13H,1,4-5,14-15H2,(H,22,24). The van der Waals surface area contributed by atoms with Gasteiger partial charge in [0.2, 0.25) is 5.91 Å². The first kappa shape index (κ1) is 16.6. The maximum Gasteiger partial charge on any atom is 0.248 e. The molecule has 1 aliphatic rings. The van der Waals surface area contributed by atoms with Crippen LogP contribution in [-0.4, -0.2) is 19.0 Å². The van der Waals surface area contributed by atoms with Gasteiger partial charge in [-0.05, 0) is 55.2 Å². The predicted molar refractivity (Wildman–Crippen MR) is 102 cm³/mol. The highest BCUT2D eigenvalue weighted by atomic mass is 35.5. The Morgan fingerprint density at radius 1 is 1.00 bits per heavy atom. The summed E-state index contributed by atoms with van der Waals surface area (Å²) in [6.45, 7) is 2.10. The maximum absolute atomic E-state index is 12.2. The van der Waals surface area contributed by atoms with E-state index in [1.807, 2.05) is 42.5 Å². The van der Waals surface area contributed by atoms with Crippen LogP contribution in [0.5, 0.6) is 0 Å². The van der Waals surface area contributed by atoms with Crippen LogP contribution < -0.4 is 10.2 Å². The van der Waals surface area contributed by atoms with E-state index < -0.39 is 0 Å². The summed E-state index contributed by atoms with van der Waals surface area (Å²) in [7, 11) is 0. The summed E-state index contributed by atoms with van der Waals surface area (Å²) >= 11 is 5.86. The fourth-order valence-corrected chi connectivity index (χ4v) is 3.04. The third-order valence-corrected chi connectivity index (χ3v) is 4.41. The molecule has 3 nitrogen and oxygen atoms in total. The number of nitrogens with zero attached hydrogens (tertiary/aromatic N) is 1. The van der Waals surface area contributed by atoms with Crippen LogP contribution in [0.15, 0.2) is 54.6 Å². The Morgan fingerprint density at radius 3 is 2.46 bits per heavy atom. The second-order valence-corrected chi connectivity index (χ2v) is 6.38. The minimum Gasteiger partial charge on any atom is -0.370 e. The average Bonchev–Trinajstić information content (AvgIpc) is 2.62. The van der Waals surface area contributed by atoms with Crippen LogP contribution in [-0.2, 0) is 4.79 Å². The second-order valence-electron chi connectivity index (χ2n) is 5.94. The number of amides is 1. The number of rotatable bonds is 4. The van der Waals surface area contributed by atoms with Gasteiger partial charge >= 0.3 is 0 Å². The third kappa shape index (κ3) is 4.39. The Balaban J connectivity index is 1.69. The smallest absolute Gasteiger partial charge is 0.248 e. The van der Waals surface area contributed by atoms with Crippen LogP contribution in [0.25, 0.3) is 6.08 Å². The molecular weight excluding hydrogens is 320 g/mol. The van der Waals surface area contributed by atoms with Crippen molar-refractivity contribution in [1.29, 1.82) is 0 Å². The van der Waals surface area contributed by atoms with Crippen molar-refractivity contribution in [2.75, 3.05) is 23.3 Å². The number of carbonyl (C=O) groups excluding carboxylic acids is 1. The Kier molecular flexibility index (Phi) is 5.55. The number of para-hydroxylation sites is 2. The summed E-state index contributed by atoms with van der Waals surface area (Å²) in [5.74, 6) is -0.130. The molecule has 2 aromatic carbocycles. The zero-order valence-electron chi connectivity index (χ0n) is 13.5. The molecule has 3 rings (SSSR count). The van der Waals surface area contributed by atoms with Gasteiger partial charge in [-0.2, -0.15) is 0 Å². The lowest BCUT2D eigenvalue weighted by molar-refractivity contribution is -0.111. The highest BCUT2D eigenvalue weighted by Crippen LogP contribution is 2.28. The number of hydrogen-bond acceptors (Lipinski definition) is 2. The molecule has 0 unspecified atom stereocenters. The van der Waals surface area contributed by atoms with E-state index in [2.05, 4.69) is 16.3 Å². The number of piperidine rings is 1. The van der Waals surface area contributed by atoms with Crippen LogP contribution in [0.3, 0.4) is 0 Å². The van der Waals surface area contributed by atoms with E-state index in [-0.39, 0.29) is 5.91 Å². The molecule has 0 radical (unpaired) electrons. The molecule has 0 saturated carbocycles. The molecule has 24 heavy (non-hydrogen) atoms. The number of hydrogen-bond donors (Lipinski definition) is 1. The monoisotopic (exact) mass is 340 g/mol. The molecule has 0 aromatic heterocycles. The summed E-state index contributed by atoms with van der Waals surface area (Å²) in [5.41, 5.74) is 2.91. The first-order valence-electron chi connectivity index (χ1n) is 8.31. The van der Waals surface area contributed by atoms with Crippen molar-refractivity contribution in [3.63, 3.8) is 0 Å². The summed E-state index contributed by atoms with van der Waals surface area (Å²) in [5, 5.41) is 3.68. The Labute approximate surface area is 147 Å². The van der Waals surface area contributed by atoms with Crippen LogP contribution in [0.1, 0.15) is 24.8 Å². The molecule has 0 spiro atoms. The van der Waals surface area contributed by atoms with Gasteiger partial charge in [-0.25, -0.2) is 0 Å². The van der Waals surface area contributed by atoms with Crippen molar-refractivity contribution >= 4 is 35.0 Å². The van der Waals surface area contributed by atoms with Gasteiger partial charge in [-0.15, -0.1) is 0 Å². The van der Waals surface area contributed by atoms with E-state index in [9.17, 15) is 4.79 Å². The minimum absolute atomic E-state index is 0.130. The molecule has 1 aliphatic heterocycles. The molecule has 0 bridgehead atoms. The van der Waals surface area contributed by atoms with Gasteiger partial charge in [-0.1, -0.05) is 35.9 Å². The molecule has 1 fully saturated rings. The molecule has 1 heterocycles. The zero-order valence-corrected chi connectivity index (χ0v) is 14.3. The number of carbonyl (C=O) groups is 1. The van der Waals surface area contributed by atoms with Crippen molar-refractivity contribution in [2.24, 2.45) is 0 Å². The highest BCUT2D eigenvalue weighted by molar-refractivity contribution is 6.30. The average molecular weight is 341 g/mol. The number of benzene rings is 2. The lowest BCUT2D eigenvalue weighted by Gasteiger charge is -2.30. The highest BCUT2D eigenvalue weighted by Gasteiger charge is 2.14. The van der Waals surface area contributed by atoms with Crippen molar-refractivity contribution in [2.45, 2.75) is 19.3 Å². The van der Waals surface area contributed by atoms with Gasteiger partial charge < -0.3 is 10.2 Å². The van der Waals surface area contributed by atoms with E-state index in [0.717, 1.165) is 30.0 Å².